The quantitative estimate of drug-likeness (QED) is 0.408. The van der Waals surface area contributed by atoms with Gasteiger partial charge in [0, 0.05) is 0 Å². The first-order valence-corrected chi connectivity index (χ1v) is 15.6. The minimum absolute atomic E-state index is 0.600. The molecular weight excluding hydrogens is 460 g/mol. The SMILES string of the molecule is CCOC(=S)S[Te](c1ccccc1)(c1ccccc1)c1ccccc1. The summed E-state index contributed by atoms with van der Waals surface area (Å²) in [4.78, 5) is 0. The van der Waals surface area contributed by atoms with Gasteiger partial charge in [0.1, 0.15) is 0 Å². The first-order valence-electron chi connectivity index (χ1n) is 8.12. The van der Waals surface area contributed by atoms with E-state index in [-0.39, 0.29) is 0 Å². The van der Waals surface area contributed by atoms with Crippen LogP contribution in [0.3, 0.4) is 0 Å². The second-order valence-corrected chi connectivity index (χ2v) is 18.4. The van der Waals surface area contributed by atoms with E-state index in [9.17, 15) is 0 Å². The Morgan fingerprint density at radius 1 is 0.760 bits per heavy atom. The van der Waals surface area contributed by atoms with E-state index in [0.717, 1.165) is 0 Å². The van der Waals surface area contributed by atoms with Crippen LogP contribution in [0.25, 0.3) is 0 Å². The van der Waals surface area contributed by atoms with Crippen LogP contribution in [-0.2, 0) is 4.74 Å². The fourth-order valence-electron chi connectivity index (χ4n) is 2.63. The van der Waals surface area contributed by atoms with Gasteiger partial charge in [-0.1, -0.05) is 0 Å². The maximum absolute atomic E-state index is 5.70. The molecule has 0 fully saturated rings. The molecule has 25 heavy (non-hydrogen) atoms. The Balaban J connectivity index is 2.26. The summed E-state index contributed by atoms with van der Waals surface area (Å²) in [5, 5.41) is 0. The van der Waals surface area contributed by atoms with Gasteiger partial charge in [-0.05, 0) is 0 Å². The van der Waals surface area contributed by atoms with Crippen molar-refractivity contribution in [1.29, 1.82) is 0 Å². The number of hydrogen-bond acceptors (Lipinski definition) is 3. The van der Waals surface area contributed by atoms with Crippen molar-refractivity contribution >= 4 is 53.2 Å². The molecule has 3 aromatic rings. The Kier molecular flexibility index (Phi) is 6.56. The van der Waals surface area contributed by atoms with E-state index in [1.165, 1.54) is 10.8 Å². The summed E-state index contributed by atoms with van der Waals surface area (Å²) in [5.41, 5.74) is 0. The van der Waals surface area contributed by atoms with Crippen LogP contribution in [0.4, 0.5) is 0 Å². The van der Waals surface area contributed by atoms with Crippen molar-refractivity contribution in [2.45, 2.75) is 6.92 Å². The van der Waals surface area contributed by atoms with Gasteiger partial charge in [0.25, 0.3) is 0 Å². The third-order valence-electron chi connectivity index (χ3n) is 3.68. The Morgan fingerprint density at radius 3 is 1.44 bits per heavy atom. The van der Waals surface area contributed by atoms with Crippen LogP contribution in [0.5, 0.6) is 0 Å². The Morgan fingerprint density at radius 2 is 1.12 bits per heavy atom. The van der Waals surface area contributed by atoms with Gasteiger partial charge in [0.15, 0.2) is 0 Å². The molecule has 4 heteroatoms. The third kappa shape index (κ3) is 4.10. The molecule has 0 radical (unpaired) electrons. The molecule has 0 bridgehead atoms. The maximum atomic E-state index is 5.70. The summed E-state index contributed by atoms with van der Waals surface area (Å²) in [5.74, 6) is 0. The second-order valence-electron chi connectivity index (χ2n) is 5.26. The average Bonchev–Trinajstić information content (AvgIpc) is 2.68. The first kappa shape index (κ1) is 18.5. The average molecular weight is 480 g/mol. The molecule has 0 atom stereocenters. The predicted molar refractivity (Wildman–Crippen MR) is 116 cm³/mol. The van der Waals surface area contributed by atoms with Crippen LogP contribution in [0, 0.1) is 0 Å². The van der Waals surface area contributed by atoms with Gasteiger partial charge >= 0.3 is 162 Å². The molecule has 1 nitrogen and oxygen atoms in total. The molecule has 0 saturated carbocycles. The molecule has 0 aliphatic heterocycles. The van der Waals surface area contributed by atoms with E-state index in [0.29, 0.717) is 11.0 Å². The van der Waals surface area contributed by atoms with Gasteiger partial charge in [0.05, 0.1) is 0 Å². The van der Waals surface area contributed by atoms with E-state index in [4.69, 9.17) is 17.0 Å². The number of thiocarbonyl (C=S) groups is 1. The third-order valence-corrected chi connectivity index (χ3v) is 20.9. The van der Waals surface area contributed by atoms with Crippen molar-refractivity contribution in [1.82, 2.24) is 0 Å². The fourth-order valence-corrected chi connectivity index (χ4v) is 19.3. The number of hydrogen-bond donors (Lipinski definition) is 0. The summed E-state index contributed by atoms with van der Waals surface area (Å²) in [6, 6.07) is 32.3. The summed E-state index contributed by atoms with van der Waals surface area (Å²) in [6.45, 7) is 2.58. The van der Waals surface area contributed by atoms with Crippen molar-refractivity contribution in [2.24, 2.45) is 0 Å². The van der Waals surface area contributed by atoms with E-state index >= 15 is 0 Å². The van der Waals surface area contributed by atoms with Crippen LogP contribution in [0.1, 0.15) is 6.92 Å². The second kappa shape index (κ2) is 8.87. The number of ether oxygens (including phenoxy) is 1. The van der Waals surface area contributed by atoms with Crippen LogP contribution in [0.15, 0.2) is 91.0 Å². The summed E-state index contributed by atoms with van der Waals surface area (Å²) >= 11 is 2.51. The monoisotopic (exact) mass is 482 g/mol. The van der Waals surface area contributed by atoms with Crippen LogP contribution in [-0.4, -0.2) is 27.8 Å². The molecule has 0 heterocycles. The summed E-state index contributed by atoms with van der Waals surface area (Å²) < 4.78 is 10.5. The molecule has 3 rings (SSSR count). The van der Waals surface area contributed by atoms with Gasteiger partial charge in [-0.15, -0.1) is 0 Å². The molecule has 0 aliphatic carbocycles. The fraction of sp³-hybridized carbons (Fsp3) is 0.0952. The zero-order valence-corrected chi connectivity index (χ0v) is 18.0. The predicted octanol–water partition coefficient (Wildman–Crippen LogP) is 3.71. The van der Waals surface area contributed by atoms with E-state index in [1.807, 2.05) is 6.92 Å². The Bertz CT molecular complexity index is 710. The van der Waals surface area contributed by atoms with E-state index in [1.54, 1.807) is 8.99 Å². The number of rotatable bonds is 5. The molecule has 0 saturated heterocycles. The zero-order valence-electron chi connectivity index (χ0n) is 14.0. The topological polar surface area (TPSA) is 9.23 Å². The molecule has 0 aromatic heterocycles. The zero-order chi connectivity index (χ0) is 17.5. The van der Waals surface area contributed by atoms with Gasteiger partial charge < -0.3 is 0 Å². The summed E-state index contributed by atoms with van der Waals surface area (Å²) in [6.07, 6.45) is 0. The van der Waals surface area contributed by atoms with Gasteiger partial charge in [0.2, 0.25) is 0 Å². The van der Waals surface area contributed by atoms with Crippen LogP contribution >= 0.6 is 21.2 Å². The molecule has 0 unspecified atom stereocenters. The molecule has 128 valence electrons. The molecule has 0 N–H and O–H groups in total. The van der Waals surface area contributed by atoms with E-state index < -0.39 is 16.8 Å². The first-order chi connectivity index (χ1) is 12.3. The molecular formula is C21H20OS2Te. The van der Waals surface area contributed by atoms with Crippen molar-refractivity contribution < 1.29 is 4.74 Å². The van der Waals surface area contributed by atoms with E-state index in [2.05, 4.69) is 91.0 Å². The minimum atomic E-state index is -3.08. The molecule has 0 spiro atoms. The van der Waals surface area contributed by atoms with Crippen molar-refractivity contribution in [3.63, 3.8) is 0 Å². The van der Waals surface area contributed by atoms with Crippen molar-refractivity contribution in [3.05, 3.63) is 91.0 Å². The van der Waals surface area contributed by atoms with Gasteiger partial charge in [-0.25, -0.2) is 0 Å². The normalized spacial score (nSPS) is 11.7. The standard InChI is InChI=1S/C21H20OS2Te/c1-2-22-21(23)24-25(18-12-6-3-7-13-18,19-14-8-4-9-15-19)20-16-10-5-11-17-20/h3-17H,2H2,1H3. The van der Waals surface area contributed by atoms with Gasteiger partial charge in [-0.3, -0.25) is 0 Å². The van der Waals surface area contributed by atoms with Crippen LogP contribution in [0.2, 0.25) is 0 Å². The van der Waals surface area contributed by atoms with Gasteiger partial charge in [-0.2, -0.15) is 0 Å². The molecule has 0 amide bonds. The molecule has 0 aliphatic rings. The van der Waals surface area contributed by atoms with Crippen LogP contribution < -0.4 is 10.8 Å². The molecule has 3 aromatic carbocycles. The Labute approximate surface area is 161 Å². The van der Waals surface area contributed by atoms with Crippen molar-refractivity contribution in [2.75, 3.05) is 6.61 Å². The summed E-state index contributed by atoms with van der Waals surface area (Å²) in [7, 11) is 1.78. The number of benzene rings is 3. The van der Waals surface area contributed by atoms with Crippen molar-refractivity contribution in [3.8, 4) is 0 Å². The Hall–Kier alpha value is -1.31.